The summed E-state index contributed by atoms with van der Waals surface area (Å²) in [5.74, 6) is 3.49. The van der Waals surface area contributed by atoms with Gasteiger partial charge in [0.05, 0.1) is 12.0 Å². The second-order valence-corrected chi connectivity index (χ2v) is 8.47. The summed E-state index contributed by atoms with van der Waals surface area (Å²) in [6, 6.07) is 8.24. The molecule has 0 aliphatic heterocycles. The van der Waals surface area contributed by atoms with Crippen molar-refractivity contribution in [2.75, 3.05) is 0 Å². The van der Waals surface area contributed by atoms with Crippen molar-refractivity contribution in [2.45, 2.75) is 40.0 Å². The maximum absolute atomic E-state index is 5.79. The molecule has 0 N–H and O–H groups in total. The van der Waals surface area contributed by atoms with E-state index in [0.29, 0.717) is 0 Å². The predicted molar refractivity (Wildman–Crippen MR) is 113 cm³/mol. The van der Waals surface area contributed by atoms with Crippen LogP contribution in [0.25, 0.3) is 32.8 Å². The molecular formula is C22H22ClNO2S. The molecule has 0 fully saturated rings. The molecule has 27 heavy (non-hydrogen) atoms. The molecule has 0 amide bonds. The monoisotopic (exact) mass is 399 g/mol. The van der Waals surface area contributed by atoms with Crippen LogP contribution in [0.5, 0.6) is 0 Å². The maximum atomic E-state index is 5.79. The van der Waals surface area contributed by atoms with Gasteiger partial charge in [0.1, 0.15) is 22.1 Å². The summed E-state index contributed by atoms with van der Waals surface area (Å²) in [7, 11) is 0. The Morgan fingerprint density at radius 3 is 2.74 bits per heavy atom. The summed E-state index contributed by atoms with van der Waals surface area (Å²) >= 11 is 1.85. The molecule has 1 unspecified atom stereocenters. The number of thiophene rings is 1. The van der Waals surface area contributed by atoms with Crippen molar-refractivity contribution >= 4 is 34.0 Å². The summed E-state index contributed by atoms with van der Waals surface area (Å²) in [6.45, 7) is 6.33. The summed E-state index contributed by atoms with van der Waals surface area (Å²) in [4.78, 5) is 7.65. The number of aromatic nitrogens is 1. The smallest absolute Gasteiger partial charge is 0.134 e. The first-order valence-corrected chi connectivity index (χ1v) is 9.98. The minimum absolute atomic E-state index is 0. The van der Waals surface area contributed by atoms with Gasteiger partial charge in [0.25, 0.3) is 0 Å². The molecule has 0 saturated heterocycles. The molecule has 0 aromatic carbocycles. The zero-order valence-electron chi connectivity index (χ0n) is 15.7. The van der Waals surface area contributed by atoms with Crippen LogP contribution in [0, 0.1) is 19.8 Å². The zero-order valence-corrected chi connectivity index (χ0v) is 17.3. The van der Waals surface area contributed by atoms with E-state index >= 15 is 0 Å². The number of hydrogen-bond donors (Lipinski definition) is 0. The standard InChI is InChI=1S/C22H21NO2S.ClH/c1-12-6-7-15-20(9-12)26-22-21(15)17(19-5-4-8-24-19)11-18(23-22)16-10-13(2)25-14(16)3;/h4-5,8,10-12H,6-7,9H2,1-3H3;1H. The van der Waals surface area contributed by atoms with Crippen molar-refractivity contribution in [1.82, 2.24) is 4.98 Å². The second kappa shape index (κ2) is 6.84. The van der Waals surface area contributed by atoms with Crippen molar-refractivity contribution < 1.29 is 8.83 Å². The first-order chi connectivity index (χ1) is 12.6. The molecule has 1 atom stereocenters. The van der Waals surface area contributed by atoms with Gasteiger partial charge in [0.15, 0.2) is 0 Å². The van der Waals surface area contributed by atoms with Gasteiger partial charge in [-0.1, -0.05) is 6.92 Å². The molecular weight excluding hydrogens is 378 g/mol. The SMILES string of the molecule is Cc1cc(-c2cc(-c3ccco3)c3c4c(sc3n2)CC(C)CC4)c(C)o1.Cl. The van der Waals surface area contributed by atoms with E-state index in [1.54, 1.807) is 6.26 Å². The summed E-state index contributed by atoms with van der Waals surface area (Å²) in [5, 5.41) is 1.29. The summed E-state index contributed by atoms with van der Waals surface area (Å²) in [6.07, 6.45) is 5.29. The third-order valence-corrected chi connectivity index (χ3v) is 6.52. The highest BCUT2D eigenvalue weighted by Gasteiger charge is 2.25. The third-order valence-electron chi connectivity index (χ3n) is 5.37. The van der Waals surface area contributed by atoms with Gasteiger partial charge in [-0.2, -0.15) is 0 Å². The van der Waals surface area contributed by atoms with E-state index in [-0.39, 0.29) is 12.4 Å². The van der Waals surface area contributed by atoms with Crippen LogP contribution in [0.15, 0.2) is 39.4 Å². The highest BCUT2D eigenvalue weighted by atomic mass is 35.5. The van der Waals surface area contributed by atoms with Gasteiger partial charge in [-0.05, 0) is 68.9 Å². The number of nitrogens with zero attached hydrogens (tertiary/aromatic N) is 1. The topological polar surface area (TPSA) is 39.2 Å². The Morgan fingerprint density at radius 1 is 1.19 bits per heavy atom. The number of halogens is 1. The zero-order chi connectivity index (χ0) is 17.8. The molecule has 4 aromatic heterocycles. The quantitative estimate of drug-likeness (QED) is 0.365. The number of pyridine rings is 1. The molecule has 1 aliphatic carbocycles. The molecule has 4 heterocycles. The third kappa shape index (κ3) is 3.01. The maximum Gasteiger partial charge on any atom is 0.134 e. The van der Waals surface area contributed by atoms with Crippen molar-refractivity contribution in [2.24, 2.45) is 5.92 Å². The molecule has 5 heteroatoms. The molecule has 5 rings (SSSR count). The highest BCUT2D eigenvalue weighted by molar-refractivity contribution is 7.19. The number of furan rings is 2. The fraction of sp³-hybridized carbons (Fsp3) is 0.318. The van der Waals surface area contributed by atoms with E-state index in [9.17, 15) is 0 Å². The Balaban J connectivity index is 0.00000180. The van der Waals surface area contributed by atoms with Crippen LogP contribution in [-0.2, 0) is 12.8 Å². The van der Waals surface area contributed by atoms with E-state index in [0.717, 1.165) is 57.7 Å². The molecule has 0 spiro atoms. The van der Waals surface area contributed by atoms with Gasteiger partial charge in [-0.3, -0.25) is 0 Å². The van der Waals surface area contributed by atoms with Crippen LogP contribution in [-0.4, -0.2) is 4.98 Å². The van der Waals surface area contributed by atoms with E-state index in [1.165, 1.54) is 22.2 Å². The number of hydrogen-bond acceptors (Lipinski definition) is 4. The van der Waals surface area contributed by atoms with Crippen molar-refractivity contribution in [3.05, 3.63) is 52.5 Å². The van der Waals surface area contributed by atoms with Crippen LogP contribution in [0.4, 0.5) is 0 Å². The first-order valence-electron chi connectivity index (χ1n) is 9.16. The van der Waals surface area contributed by atoms with E-state index in [1.807, 2.05) is 37.3 Å². The number of aryl methyl sites for hydroxylation is 3. The summed E-state index contributed by atoms with van der Waals surface area (Å²) in [5.41, 5.74) is 4.66. The van der Waals surface area contributed by atoms with Crippen LogP contribution < -0.4 is 0 Å². The van der Waals surface area contributed by atoms with Crippen molar-refractivity contribution in [3.8, 4) is 22.6 Å². The molecule has 3 nitrogen and oxygen atoms in total. The largest absolute Gasteiger partial charge is 0.466 e. The second-order valence-electron chi connectivity index (χ2n) is 7.39. The minimum Gasteiger partial charge on any atom is -0.466 e. The van der Waals surface area contributed by atoms with Gasteiger partial charge in [0, 0.05) is 21.4 Å². The fourth-order valence-corrected chi connectivity index (χ4v) is 5.50. The fourth-order valence-electron chi connectivity index (χ4n) is 4.09. The molecule has 0 saturated carbocycles. The van der Waals surface area contributed by atoms with Crippen LogP contribution in [0.1, 0.15) is 35.3 Å². The Hall–Kier alpha value is -2.04. The van der Waals surface area contributed by atoms with Gasteiger partial charge >= 0.3 is 0 Å². The average Bonchev–Trinajstić information content (AvgIpc) is 3.31. The summed E-state index contributed by atoms with van der Waals surface area (Å²) < 4.78 is 11.5. The van der Waals surface area contributed by atoms with Gasteiger partial charge in [-0.15, -0.1) is 23.7 Å². The van der Waals surface area contributed by atoms with E-state index < -0.39 is 0 Å². The molecule has 1 aliphatic rings. The van der Waals surface area contributed by atoms with Crippen LogP contribution in [0.2, 0.25) is 0 Å². The van der Waals surface area contributed by atoms with Gasteiger partial charge < -0.3 is 8.83 Å². The van der Waals surface area contributed by atoms with Crippen LogP contribution >= 0.6 is 23.7 Å². The first kappa shape index (κ1) is 18.3. The number of rotatable bonds is 2. The Morgan fingerprint density at radius 2 is 2.04 bits per heavy atom. The lowest BCUT2D eigenvalue weighted by molar-refractivity contribution is 0.505. The van der Waals surface area contributed by atoms with Gasteiger partial charge in [-0.25, -0.2) is 4.98 Å². The van der Waals surface area contributed by atoms with Gasteiger partial charge in [0.2, 0.25) is 0 Å². The molecule has 0 bridgehead atoms. The van der Waals surface area contributed by atoms with E-state index in [2.05, 4.69) is 19.1 Å². The lowest BCUT2D eigenvalue weighted by atomic mass is 9.88. The Labute approximate surface area is 168 Å². The minimum atomic E-state index is 0. The molecule has 0 radical (unpaired) electrons. The normalized spacial score (nSPS) is 16.3. The molecule has 4 aromatic rings. The van der Waals surface area contributed by atoms with E-state index in [4.69, 9.17) is 13.8 Å². The molecule has 140 valence electrons. The lowest BCUT2D eigenvalue weighted by Crippen LogP contribution is -2.08. The number of fused-ring (bicyclic) bond motifs is 3. The van der Waals surface area contributed by atoms with Crippen molar-refractivity contribution in [1.29, 1.82) is 0 Å². The predicted octanol–water partition coefficient (Wildman–Crippen LogP) is 6.98. The Kier molecular flexibility index (Phi) is 4.65. The Bertz CT molecular complexity index is 1110. The average molecular weight is 400 g/mol. The van der Waals surface area contributed by atoms with Crippen LogP contribution in [0.3, 0.4) is 0 Å². The van der Waals surface area contributed by atoms with Crippen molar-refractivity contribution in [3.63, 3.8) is 0 Å². The lowest BCUT2D eigenvalue weighted by Gasteiger charge is -2.18. The highest BCUT2D eigenvalue weighted by Crippen LogP contribution is 2.43.